The predicted molar refractivity (Wildman–Crippen MR) is 145 cm³/mol. The lowest BCUT2D eigenvalue weighted by atomic mass is 9.73. The number of nitrogens with zero attached hydrogens (tertiary/aromatic N) is 6. The molecule has 2 fully saturated rings. The third kappa shape index (κ3) is 3.87. The standard InChI is InChI=1S/C27H32N8O2S/c28-21-11-20(23-26(33-21)35-8-2-3-16(35)15-37-23)38-22-13-31-25(19(14-36)32-22)34-9-5-27(6-10-34)12-18-17(24(27)29)4-1-7-30-18/h1,4,7,11,13,16,24,36H,2-3,5-6,8-10,12,14-15,29H2,(H2,28,33)/t16-,24+/m0/s1. The number of aliphatic hydroxyl groups excluding tert-OH is 1. The Balaban J connectivity index is 1.10. The molecule has 7 rings (SSSR count). The van der Waals surface area contributed by atoms with Gasteiger partial charge in [0.2, 0.25) is 0 Å². The van der Waals surface area contributed by atoms with Crippen LogP contribution in [0.4, 0.5) is 17.5 Å². The maximum atomic E-state index is 10.2. The monoisotopic (exact) mass is 532 g/mol. The van der Waals surface area contributed by atoms with Gasteiger partial charge in [-0.05, 0) is 55.2 Å². The normalized spacial score (nSPS) is 23.2. The van der Waals surface area contributed by atoms with Crippen LogP contribution in [0, 0.1) is 5.41 Å². The number of aromatic nitrogens is 4. The van der Waals surface area contributed by atoms with Crippen LogP contribution in [0.15, 0.2) is 40.5 Å². The van der Waals surface area contributed by atoms with Gasteiger partial charge >= 0.3 is 0 Å². The summed E-state index contributed by atoms with van der Waals surface area (Å²) in [6.45, 7) is 3.06. The van der Waals surface area contributed by atoms with Crippen molar-refractivity contribution >= 4 is 29.2 Å². The van der Waals surface area contributed by atoms with Crippen molar-refractivity contribution in [3.05, 3.63) is 47.5 Å². The van der Waals surface area contributed by atoms with Crippen molar-refractivity contribution in [3.8, 4) is 5.75 Å². The van der Waals surface area contributed by atoms with E-state index in [2.05, 4.69) is 25.8 Å². The van der Waals surface area contributed by atoms with Crippen molar-refractivity contribution in [1.82, 2.24) is 19.9 Å². The van der Waals surface area contributed by atoms with Gasteiger partial charge in [0.05, 0.1) is 23.7 Å². The Hall–Kier alpha value is -3.15. The first-order chi connectivity index (χ1) is 18.5. The molecule has 2 atom stereocenters. The summed E-state index contributed by atoms with van der Waals surface area (Å²) in [7, 11) is 0. The summed E-state index contributed by atoms with van der Waals surface area (Å²) in [5.41, 5.74) is 15.8. The Labute approximate surface area is 225 Å². The van der Waals surface area contributed by atoms with Gasteiger partial charge in [-0.25, -0.2) is 15.0 Å². The minimum Gasteiger partial charge on any atom is -0.486 e. The average Bonchev–Trinajstić information content (AvgIpc) is 3.52. The number of piperidine rings is 1. The smallest absolute Gasteiger partial charge is 0.176 e. The third-order valence-corrected chi connectivity index (χ3v) is 9.60. The molecule has 4 aliphatic rings. The number of nitrogen functional groups attached to an aromatic ring is 1. The van der Waals surface area contributed by atoms with E-state index in [1.165, 1.54) is 17.3 Å². The molecule has 0 unspecified atom stereocenters. The second-order valence-electron chi connectivity index (χ2n) is 10.8. The van der Waals surface area contributed by atoms with Gasteiger partial charge in [0.25, 0.3) is 0 Å². The van der Waals surface area contributed by atoms with Crippen molar-refractivity contribution < 1.29 is 9.84 Å². The number of pyridine rings is 2. The predicted octanol–water partition coefficient (Wildman–Crippen LogP) is 2.70. The fourth-order valence-electron chi connectivity index (χ4n) is 6.63. The lowest BCUT2D eigenvalue weighted by Gasteiger charge is -2.42. The second kappa shape index (κ2) is 9.25. The topological polar surface area (TPSA) is 140 Å². The molecule has 3 aromatic heterocycles. The van der Waals surface area contributed by atoms with Crippen molar-refractivity contribution in [1.29, 1.82) is 0 Å². The quantitative estimate of drug-likeness (QED) is 0.457. The molecule has 3 aliphatic heterocycles. The molecule has 11 heteroatoms. The summed E-state index contributed by atoms with van der Waals surface area (Å²) in [6.07, 6.45) is 8.69. The SMILES string of the molecule is Nc1cc(Sc2cnc(N3CCC4(CC3)Cc3ncccc3[C@H]4N)c(CO)n2)c2c(n1)N1CCC[C@H]1CO2. The number of ether oxygens (including phenoxy) is 1. The molecule has 0 radical (unpaired) electrons. The lowest BCUT2D eigenvalue weighted by molar-refractivity contribution is 0.186. The summed E-state index contributed by atoms with van der Waals surface area (Å²) < 4.78 is 6.15. The zero-order valence-corrected chi connectivity index (χ0v) is 22.0. The Morgan fingerprint density at radius 2 is 2.03 bits per heavy atom. The van der Waals surface area contributed by atoms with Gasteiger partial charge in [0, 0.05) is 37.6 Å². The van der Waals surface area contributed by atoms with E-state index in [9.17, 15) is 5.11 Å². The van der Waals surface area contributed by atoms with Crippen molar-refractivity contribution in [2.75, 3.05) is 41.8 Å². The van der Waals surface area contributed by atoms with Crippen LogP contribution in [0.25, 0.3) is 0 Å². The molecule has 198 valence electrons. The molecule has 1 aliphatic carbocycles. The first-order valence-electron chi connectivity index (χ1n) is 13.3. The molecule has 0 bridgehead atoms. The third-order valence-electron chi connectivity index (χ3n) is 8.67. The molecule has 10 nitrogen and oxygen atoms in total. The van der Waals surface area contributed by atoms with Crippen LogP contribution < -0.4 is 26.0 Å². The average molecular weight is 533 g/mol. The van der Waals surface area contributed by atoms with Crippen LogP contribution in [0.5, 0.6) is 5.75 Å². The molecule has 2 saturated heterocycles. The number of rotatable bonds is 4. The van der Waals surface area contributed by atoms with E-state index in [0.717, 1.165) is 79.7 Å². The van der Waals surface area contributed by atoms with E-state index >= 15 is 0 Å². The lowest BCUT2D eigenvalue weighted by Crippen LogP contribution is -2.45. The van der Waals surface area contributed by atoms with Crippen LogP contribution in [-0.2, 0) is 13.0 Å². The maximum absolute atomic E-state index is 10.2. The molecule has 1 spiro atoms. The Morgan fingerprint density at radius 3 is 2.84 bits per heavy atom. The Morgan fingerprint density at radius 1 is 1.16 bits per heavy atom. The molecular weight excluding hydrogens is 500 g/mol. The summed E-state index contributed by atoms with van der Waals surface area (Å²) >= 11 is 1.45. The number of anilines is 3. The van der Waals surface area contributed by atoms with E-state index in [-0.39, 0.29) is 18.1 Å². The molecule has 0 amide bonds. The molecule has 0 aromatic carbocycles. The van der Waals surface area contributed by atoms with E-state index in [1.807, 2.05) is 18.3 Å². The van der Waals surface area contributed by atoms with Crippen LogP contribution in [0.3, 0.4) is 0 Å². The molecule has 0 saturated carbocycles. The highest BCUT2D eigenvalue weighted by atomic mass is 32.2. The van der Waals surface area contributed by atoms with Gasteiger partial charge in [0.15, 0.2) is 17.4 Å². The molecule has 3 aromatic rings. The van der Waals surface area contributed by atoms with Gasteiger partial charge in [-0.2, -0.15) is 0 Å². The van der Waals surface area contributed by atoms with Crippen LogP contribution in [0.1, 0.15) is 48.7 Å². The first-order valence-corrected chi connectivity index (χ1v) is 14.2. The summed E-state index contributed by atoms with van der Waals surface area (Å²) in [5, 5.41) is 10.9. The highest BCUT2D eigenvalue weighted by molar-refractivity contribution is 7.99. The largest absolute Gasteiger partial charge is 0.486 e. The molecule has 38 heavy (non-hydrogen) atoms. The van der Waals surface area contributed by atoms with Gasteiger partial charge in [-0.15, -0.1) is 0 Å². The number of hydrogen-bond acceptors (Lipinski definition) is 11. The minimum atomic E-state index is -0.185. The van der Waals surface area contributed by atoms with E-state index in [4.69, 9.17) is 26.2 Å². The van der Waals surface area contributed by atoms with E-state index in [1.54, 1.807) is 6.20 Å². The van der Waals surface area contributed by atoms with Crippen LogP contribution in [-0.4, -0.2) is 57.3 Å². The van der Waals surface area contributed by atoms with Gasteiger partial charge < -0.3 is 31.1 Å². The van der Waals surface area contributed by atoms with E-state index in [0.29, 0.717) is 29.2 Å². The van der Waals surface area contributed by atoms with E-state index < -0.39 is 0 Å². The molecule has 6 heterocycles. The Kier molecular flexibility index (Phi) is 5.82. The summed E-state index contributed by atoms with van der Waals surface area (Å²) in [6, 6.07) is 6.29. The van der Waals surface area contributed by atoms with Crippen molar-refractivity contribution in [2.24, 2.45) is 11.1 Å². The van der Waals surface area contributed by atoms with Crippen LogP contribution in [0.2, 0.25) is 0 Å². The van der Waals surface area contributed by atoms with Gasteiger partial charge in [0.1, 0.15) is 23.1 Å². The second-order valence-corrected chi connectivity index (χ2v) is 11.8. The highest BCUT2D eigenvalue weighted by Gasteiger charge is 2.47. The first kappa shape index (κ1) is 23.9. The van der Waals surface area contributed by atoms with Crippen molar-refractivity contribution in [2.45, 2.75) is 60.7 Å². The number of fused-ring (bicyclic) bond motifs is 4. The van der Waals surface area contributed by atoms with Crippen molar-refractivity contribution in [3.63, 3.8) is 0 Å². The number of nitrogens with two attached hydrogens (primary N) is 2. The maximum Gasteiger partial charge on any atom is 0.176 e. The molecular formula is C27H32N8O2S. The highest BCUT2D eigenvalue weighted by Crippen LogP contribution is 2.50. The fourth-order valence-corrected chi connectivity index (χ4v) is 7.54. The minimum absolute atomic E-state index is 0.00677. The Bertz CT molecular complexity index is 1380. The van der Waals surface area contributed by atoms with Crippen LogP contribution >= 0.6 is 11.8 Å². The number of hydrogen-bond donors (Lipinski definition) is 3. The van der Waals surface area contributed by atoms with Gasteiger partial charge in [-0.3, -0.25) is 4.98 Å². The summed E-state index contributed by atoms with van der Waals surface area (Å²) in [4.78, 5) is 24.1. The molecule has 5 N–H and O–H groups in total. The van der Waals surface area contributed by atoms with Gasteiger partial charge in [-0.1, -0.05) is 17.8 Å². The zero-order chi connectivity index (χ0) is 25.9. The zero-order valence-electron chi connectivity index (χ0n) is 21.2. The number of aliphatic hydroxyl groups is 1. The fraction of sp³-hybridized carbons (Fsp3) is 0.481. The summed E-state index contributed by atoms with van der Waals surface area (Å²) in [5.74, 6) is 2.77.